The molecule has 0 aromatic heterocycles. The number of aliphatic imine (C=N–C) groups is 1. The lowest BCUT2D eigenvalue weighted by Crippen LogP contribution is -2.45. The molecular weight excluding hydrogens is 230 g/mol. The Labute approximate surface area is 109 Å². The number of cyclic esters (lactones) is 1. The van der Waals surface area contributed by atoms with Gasteiger partial charge in [-0.2, -0.15) is 0 Å². The van der Waals surface area contributed by atoms with Gasteiger partial charge >= 0.3 is 5.97 Å². The van der Waals surface area contributed by atoms with Crippen LogP contribution in [0.15, 0.2) is 4.99 Å². The van der Waals surface area contributed by atoms with Crippen molar-refractivity contribution in [2.45, 2.75) is 59.4 Å². The van der Waals surface area contributed by atoms with Gasteiger partial charge in [0.2, 0.25) is 0 Å². The molecule has 0 fully saturated rings. The van der Waals surface area contributed by atoms with Crippen LogP contribution in [0.2, 0.25) is 0 Å². The summed E-state index contributed by atoms with van der Waals surface area (Å²) in [7, 11) is 0. The van der Waals surface area contributed by atoms with E-state index in [-0.39, 0.29) is 23.6 Å². The number of esters is 1. The summed E-state index contributed by atoms with van der Waals surface area (Å²) in [6, 6.07) is 0. The van der Waals surface area contributed by atoms with E-state index in [2.05, 4.69) is 4.99 Å². The number of rotatable bonds is 6. The number of ether oxygens (including phenoxy) is 1. The number of Topliss-reactive ketones (excluding diaryl/α,β-unsaturated/α-hetero) is 1. The predicted molar refractivity (Wildman–Crippen MR) is 70.5 cm³/mol. The third kappa shape index (κ3) is 2.79. The van der Waals surface area contributed by atoms with Crippen LogP contribution in [0.5, 0.6) is 0 Å². The van der Waals surface area contributed by atoms with Gasteiger partial charge in [-0.15, -0.1) is 0 Å². The number of carbonyl (C=O) groups excluding carboxylic acids is 2. The Kier molecular flexibility index (Phi) is 4.65. The number of hydrogen-bond donors (Lipinski definition) is 0. The molecule has 0 amide bonds. The fourth-order valence-corrected chi connectivity index (χ4v) is 2.80. The Bertz CT molecular complexity index is 373. The van der Waals surface area contributed by atoms with Gasteiger partial charge in [-0.1, -0.05) is 27.2 Å². The molecule has 4 nitrogen and oxygen atoms in total. The molecule has 102 valence electrons. The van der Waals surface area contributed by atoms with E-state index in [0.29, 0.717) is 18.7 Å². The molecule has 4 heteroatoms. The van der Waals surface area contributed by atoms with Crippen LogP contribution in [0.1, 0.15) is 53.9 Å². The Morgan fingerprint density at radius 3 is 2.39 bits per heavy atom. The fraction of sp³-hybridized carbons (Fsp3) is 0.786. The van der Waals surface area contributed by atoms with Crippen LogP contribution in [-0.2, 0) is 14.3 Å². The average Bonchev–Trinajstić information content (AvgIpc) is 2.51. The number of nitrogens with zero attached hydrogens (tertiary/aromatic N) is 1. The molecule has 0 aromatic carbocycles. The Hall–Kier alpha value is -1.19. The van der Waals surface area contributed by atoms with E-state index in [0.717, 1.165) is 6.42 Å². The largest absolute Gasteiger partial charge is 0.410 e. The van der Waals surface area contributed by atoms with Crippen molar-refractivity contribution in [1.82, 2.24) is 0 Å². The summed E-state index contributed by atoms with van der Waals surface area (Å²) < 4.78 is 5.14. The van der Waals surface area contributed by atoms with E-state index >= 15 is 0 Å². The SMILES string of the molecule is CCC[C@]1([C@H](CC(C)=O)C(C)C)N=C(C)OC1=O. The molecule has 2 atom stereocenters. The Morgan fingerprint density at radius 2 is 2.06 bits per heavy atom. The van der Waals surface area contributed by atoms with Crippen molar-refractivity contribution < 1.29 is 14.3 Å². The van der Waals surface area contributed by atoms with E-state index < -0.39 is 5.54 Å². The van der Waals surface area contributed by atoms with E-state index in [9.17, 15) is 9.59 Å². The monoisotopic (exact) mass is 253 g/mol. The van der Waals surface area contributed by atoms with Gasteiger partial charge in [0.1, 0.15) is 5.78 Å². The molecule has 0 bridgehead atoms. The van der Waals surface area contributed by atoms with Crippen molar-refractivity contribution in [3.63, 3.8) is 0 Å². The first kappa shape index (κ1) is 14.9. The third-order valence-corrected chi connectivity index (χ3v) is 3.51. The van der Waals surface area contributed by atoms with Gasteiger partial charge in [-0.3, -0.25) is 0 Å². The summed E-state index contributed by atoms with van der Waals surface area (Å²) >= 11 is 0. The average molecular weight is 253 g/mol. The molecule has 1 heterocycles. The normalized spacial score (nSPS) is 25.0. The van der Waals surface area contributed by atoms with Crippen molar-refractivity contribution in [1.29, 1.82) is 0 Å². The third-order valence-electron chi connectivity index (χ3n) is 3.51. The zero-order chi connectivity index (χ0) is 13.9. The summed E-state index contributed by atoms with van der Waals surface area (Å²) in [6.45, 7) is 9.33. The summed E-state index contributed by atoms with van der Waals surface area (Å²) in [5, 5.41) is 0. The summed E-state index contributed by atoms with van der Waals surface area (Å²) in [4.78, 5) is 28.1. The highest BCUT2D eigenvalue weighted by atomic mass is 16.6. The fourth-order valence-electron chi connectivity index (χ4n) is 2.80. The second-order valence-electron chi connectivity index (χ2n) is 5.45. The molecule has 0 saturated carbocycles. The molecular formula is C14H23NO3. The summed E-state index contributed by atoms with van der Waals surface area (Å²) in [5.74, 6) is 0.351. The van der Waals surface area contributed by atoms with Crippen LogP contribution >= 0.6 is 0 Å². The smallest absolute Gasteiger partial charge is 0.340 e. The van der Waals surface area contributed by atoms with Gasteiger partial charge in [-0.25, -0.2) is 9.79 Å². The second-order valence-corrected chi connectivity index (χ2v) is 5.45. The molecule has 0 radical (unpaired) electrons. The first-order chi connectivity index (χ1) is 8.33. The van der Waals surface area contributed by atoms with Crippen LogP contribution in [0.3, 0.4) is 0 Å². The highest BCUT2D eigenvalue weighted by Gasteiger charge is 2.51. The molecule has 1 aliphatic rings. The van der Waals surface area contributed by atoms with Gasteiger partial charge < -0.3 is 9.53 Å². The van der Waals surface area contributed by atoms with Crippen LogP contribution in [0.4, 0.5) is 0 Å². The lowest BCUT2D eigenvalue weighted by Gasteiger charge is -2.33. The minimum atomic E-state index is -0.849. The molecule has 0 saturated heterocycles. The standard InChI is InChI=1S/C14H23NO3/c1-6-7-14(13(17)18-11(5)15-14)12(9(2)3)8-10(4)16/h9,12H,6-8H2,1-5H3/t12-,14-/m1/s1. The van der Waals surface area contributed by atoms with Gasteiger partial charge in [0.15, 0.2) is 11.4 Å². The van der Waals surface area contributed by atoms with Gasteiger partial charge in [0, 0.05) is 19.3 Å². The van der Waals surface area contributed by atoms with Crippen LogP contribution in [-0.4, -0.2) is 23.2 Å². The van der Waals surface area contributed by atoms with Crippen molar-refractivity contribution in [2.24, 2.45) is 16.8 Å². The molecule has 0 N–H and O–H groups in total. The van der Waals surface area contributed by atoms with Crippen molar-refractivity contribution in [3.8, 4) is 0 Å². The number of hydrogen-bond acceptors (Lipinski definition) is 4. The number of carbonyl (C=O) groups is 2. The minimum absolute atomic E-state index is 0.0834. The maximum atomic E-state index is 12.2. The predicted octanol–water partition coefficient (Wildman–Crippen LogP) is 2.75. The van der Waals surface area contributed by atoms with Crippen LogP contribution in [0.25, 0.3) is 0 Å². The molecule has 0 spiro atoms. The maximum Gasteiger partial charge on any atom is 0.340 e. The topological polar surface area (TPSA) is 55.7 Å². The zero-order valence-corrected chi connectivity index (χ0v) is 11.9. The van der Waals surface area contributed by atoms with E-state index in [1.165, 1.54) is 0 Å². The molecule has 0 aliphatic carbocycles. The Morgan fingerprint density at radius 1 is 1.44 bits per heavy atom. The highest BCUT2D eigenvalue weighted by Crippen LogP contribution is 2.39. The Balaban J connectivity index is 3.15. The first-order valence-electron chi connectivity index (χ1n) is 6.61. The van der Waals surface area contributed by atoms with Crippen molar-refractivity contribution in [2.75, 3.05) is 0 Å². The van der Waals surface area contributed by atoms with Gasteiger partial charge in [0.05, 0.1) is 0 Å². The maximum absolute atomic E-state index is 12.2. The lowest BCUT2D eigenvalue weighted by atomic mass is 9.72. The van der Waals surface area contributed by atoms with Gasteiger partial charge in [0.25, 0.3) is 0 Å². The molecule has 1 aliphatic heterocycles. The summed E-state index contributed by atoms with van der Waals surface area (Å²) in [5.41, 5.74) is -0.849. The first-order valence-corrected chi connectivity index (χ1v) is 6.61. The zero-order valence-electron chi connectivity index (χ0n) is 11.9. The lowest BCUT2D eigenvalue weighted by molar-refractivity contribution is -0.142. The quantitative estimate of drug-likeness (QED) is 0.684. The molecule has 0 aromatic rings. The van der Waals surface area contributed by atoms with Crippen molar-refractivity contribution in [3.05, 3.63) is 0 Å². The summed E-state index contributed by atoms with van der Waals surface area (Å²) in [6.07, 6.45) is 1.86. The van der Waals surface area contributed by atoms with Crippen molar-refractivity contribution >= 4 is 17.7 Å². The second kappa shape index (κ2) is 5.63. The van der Waals surface area contributed by atoms with E-state index in [1.807, 2.05) is 20.8 Å². The van der Waals surface area contributed by atoms with Gasteiger partial charge in [-0.05, 0) is 19.3 Å². The minimum Gasteiger partial charge on any atom is -0.410 e. The highest BCUT2D eigenvalue weighted by molar-refractivity contribution is 5.99. The van der Waals surface area contributed by atoms with Crippen LogP contribution in [0, 0.1) is 11.8 Å². The van der Waals surface area contributed by atoms with Crippen LogP contribution < -0.4 is 0 Å². The molecule has 18 heavy (non-hydrogen) atoms. The number of ketones is 1. The molecule has 1 rings (SSSR count). The molecule has 0 unspecified atom stereocenters. The van der Waals surface area contributed by atoms with E-state index in [1.54, 1.807) is 13.8 Å². The van der Waals surface area contributed by atoms with E-state index in [4.69, 9.17) is 4.74 Å².